The van der Waals surface area contributed by atoms with Crippen LogP contribution in [0.4, 0.5) is 11.4 Å². The van der Waals surface area contributed by atoms with Gasteiger partial charge in [-0.1, -0.05) is 17.7 Å². The lowest BCUT2D eigenvalue weighted by atomic mass is 10.1. The van der Waals surface area contributed by atoms with Gasteiger partial charge in [0.1, 0.15) is 0 Å². The normalized spacial score (nSPS) is 10.3. The minimum atomic E-state index is -0.0837. The molecule has 110 valence electrons. The van der Waals surface area contributed by atoms with Gasteiger partial charge in [0, 0.05) is 16.4 Å². The number of anilines is 2. The Hall–Kier alpha value is -2.00. The van der Waals surface area contributed by atoms with Gasteiger partial charge in [0.05, 0.1) is 6.54 Å². The van der Waals surface area contributed by atoms with Gasteiger partial charge in [0.25, 0.3) is 0 Å². The third-order valence-corrected chi connectivity index (χ3v) is 3.37. The first-order chi connectivity index (χ1) is 9.94. The van der Waals surface area contributed by atoms with Gasteiger partial charge in [0.15, 0.2) is 0 Å². The van der Waals surface area contributed by atoms with Crippen molar-refractivity contribution in [2.45, 2.75) is 20.8 Å². The molecule has 0 heterocycles. The van der Waals surface area contributed by atoms with E-state index in [-0.39, 0.29) is 12.5 Å². The van der Waals surface area contributed by atoms with Crippen molar-refractivity contribution in [3.63, 3.8) is 0 Å². The number of nitrogens with one attached hydrogen (secondary N) is 2. The summed E-state index contributed by atoms with van der Waals surface area (Å²) in [6.07, 6.45) is 0. The fourth-order valence-electron chi connectivity index (χ4n) is 2.22. The van der Waals surface area contributed by atoms with Gasteiger partial charge in [-0.05, 0) is 67.8 Å². The molecule has 0 radical (unpaired) electrons. The fourth-order valence-corrected chi connectivity index (χ4v) is 2.45. The summed E-state index contributed by atoms with van der Waals surface area (Å²) in [6.45, 7) is 6.22. The highest BCUT2D eigenvalue weighted by molar-refractivity contribution is 6.30. The van der Waals surface area contributed by atoms with Crippen molar-refractivity contribution in [3.05, 3.63) is 58.1 Å². The second-order valence-corrected chi connectivity index (χ2v) is 5.67. The summed E-state index contributed by atoms with van der Waals surface area (Å²) >= 11 is 5.90. The summed E-state index contributed by atoms with van der Waals surface area (Å²) in [5.74, 6) is -0.0837. The number of rotatable bonds is 4. The van der Waals surface area contributed by atoms with Crippen LogP contribution >= 0.6 is 11.6 Å². The molecular formula is C17H19ClN2O. The van der Waals surface area contributed by atoms with Crippen molar-refractivity contribution in [2.24, 2.45) is 0 Å². The first kappa shape index (κ1) is 15.4. The third kappa shape index (κ3) is 4.50. The highest BCUT2D eigenvalue weighted by atomic mass is 35.5. The molecule has 0 saturated carbocycles. The van der Waals surface area contributed by atoms with Crippen LogP contribution in [0.1, 0.15) is 16.7 Å². The Morgan fingerprint density at radius 1 is 1.05 bits per heavy atom. The molecule has 0 aliphatic carbocycles. The van der Waals surface area contributed by atoms with Gasteiger partial charge >= 0.3 is 0 Å². The Labute approximate surface area is 130 Å². The van der Waals surface area contributed by atoms with Gasteiger partial charge in [0.2, 0.25) is 5.91 Å². The summed E-state index contributed by atoms with van der Waals surface area (Å²) in [4.78, 5) is 12.0. The highest BCUT2D eigenvalue weighted by Gasteiger charge is 2.05. The molecule has 0 saturated heterocycles. The SMILES string of the molecule is Cc1cc(C)cc(NCC(=O)Nc2ccc(Cl)cc2C)c1. The number of aryl methyl sites for hydroxylation is 3. The molecule has 3 nitrogen and oxygen atoms in total. The number of benzene rings is 2. The van der Waals surface area contributed by atoms with E-state index in [1.807, 2.05) is 45.0 Å². The molecule has 0 aromatic heterocycles. The second-order valence-electron chi connectivity index (χ2n) is 5.24. The maximum Gasteiger partial charge on any atom is 0.243 e. The van der Waals surface area contributed by atoms with Crippen molar-refractivity contribution in [1.82, 2.24) is 0 Å². The minimum Gasteiger partial charge on any atom is -0.376 e. The third-order valence-electron chi connectivity index (χ3n) is 3.14. The van der Waals surface area contributed by atoms with Crippen LogP contribution in [0.2, 0.25) is 5.02 Å². The largest absolute Gasteiger partial charge is 0.376 e. The van der Waals surface area contributed by atoms with Crippen molar-refractivity contribution >= 4 is 28.9 Å². The van der Waals surface area contributed by atoms with E-state index in [0.29, 0.717) is 5.02 Å². The zero-order chi connectivity index (χ0) is 15.4. The molecule has 0 spiro atoms. The van der Waals surface area contributed by atoms with Crippen molar-refractivity contribution in [2.75, 3.05) is 17.2 Å². The van der Waals surface area contributed by atoms with E-state index >= 15 is 0 Å². The molecule has 2 aromatic rings. The van der Waals surface area contributed by atoms with Crippen LogP contribution in [0.3, 0.4) is 0 Å². The molecule has 21 heavy (non-hydrogen) atoms. The predicted molar refractivity (Wildman–Crippen MR) is 89.2 cm³/mol. The minimum absolute atomic E-state index is 0.0837. The van der Waals surface area contributed by atoms with Gasteiger partial charge < -0.3 is 10.6 Å². The van der Waals surface area contributed by atoms with Crippen molar-refractivity contribution < 1.29 is 4.79 Å². The van der Waals surface area contributed by atoms with Crippen LogP contribution in [0.25, 0.3) is 0 Å². The Morgan fingerprint density at radius 2 is 1.71 bits per heavy atom. The maximum absolute atomic E-state index is 12.0. The molecule has 0 fully saturated rings. The zero-order valence-corrected chi connectivity index (χ0v) is 13.2. The Morgan fingerprint density at radius 3 is 2.33 bits per heavy atom. The number of amides is 1. The summed E-state index contributed by atoms with van der Waals surface area (Å²) in [7, 11) is 0. The van der Waals surface area contributed by atoms with E-state index < -0.39 is 0 Å². The van der Waals surface area contributed by atoms with E-state index in [9.17, 15) is 4.79 Å². The molecule has 1 amide bonds. The van der Waals surface area contributed by atoms with Crippen LogP contribution in [0.5, 0.6) is 0 Å². The van der Waals surface area contributed by atoms with Crippen molar-refractivity contribution in [1.29, 1.82) is 0 Å². The summed E-state index contributed by atoms with van der Waals surface area (Å²) in [5, 5.41) is 6.68. The highest BCUT2D eigenvalue weighted by Crippen LogP contribution is 2.19. The van der Waals surface area contributed by atoms with E-state index in [0.717, 1.165) is 16.9 Å². The van der Waals surface area contributed by atoms with E-state index in [4.69, 9.17) is 11.6 Å². The standard InChI is InChI=1S/C17H19ClN2O/c1-11-6-12(2)8-15(7-11)19-10-17(21)20-16-5-4-14(18)9-13(16)3/h4-9,19H,10H2,1-3H3,(H,20,21). The Balaban J connectivity index is 1.95. The summed E-state index contributed by atoms with van der Waals surface area (Å²) < 4.78 is 0. The number of hydrogen-bond acceptors (Lipinski definition) is 2. The molecule has 0 bridgehead atoms. The quantitative estimate of drug-likeness (QED) is 0.883. The molecular weight excluding hydrogens is 284 g/mol. The average Bonchev–Trinajstić information content (AvgIpc) is 2.39. The molecule has 0 aliphatic heterocycles. The van der Waals surface area contributed by atoms with Crippen LogP contribution < -0.4 is 10.6 Å². The van der Waals surface area contributed by atoms with Crippen LogP contribution in [0.15, 0.2) is 36.4 Å². The monoisotopic (exact) mass is 302 g/mol. The average molecular weight is 303 g/mol. The predicted octanol–water partition coefficient (Wildman–Crippen LogP) is 4.32. The second kappa shape index (κ2) is 6.64. The lowest BCUT2D eigenvalue weighted by molar-refractivity contribution is -0.114. The molecule has 4 heteroatoms. The van der Waals surface area contributed by atoms with Crippen LogP contribution in [-0.2, 0) is 4.79 Å². The molecule has 2 rings (SSSR count). The topological polar surface area (TPSA) is 41.1 Å². The Bertz CT molecular complexity index is 648. The van der Waals surface area contributed by atoms with E-state index in [1.165, 1.54) is 11.1 Å². The summed E-state index contributed by atoms with van der Waals surface area (Å²) in [6, 6.07) is 11.5. The van der Waals surface area contributed by atoms with E-state index in [1.54, 1.807) is 6.07 Å². The molecule has 2 N–H and O–H groups in total. The lowest BCUT2D eigenvalue weighted by Gasteiger charge is -2.11. The summed E-state index contributed by atoms with van der Waals surface area (Å²) in [5.41, 5.74) is 5.03. The van der Waals surface area contributed by atoms with Crippen LogP contribution in [-0.4, -0.2) is 12.5 Å². The maximum atomic E-state index is 12.0. The molecule has 0 aliphatic rings. The van der Waals surface area contributed by atoms with Gasteiger partial charge in [-0.25, -0.2) is 0 Å². The zero-order valence-electron chi connectivity index (χ0n) is 12.5. The van der Waals surface area contributed by atoms with E-state index in [2.05, 4.69) is 16.7 Å². The number of halogens is 1. The molecule has 0 atom stereocenters. The van der Waals surface area contributed by atoms with Gasteiger partial charge in [-0.2, -0.15) is 0 Å². The van der Waals surface area contributed by atoms with Crippen molar-refractivity contribution in [3.8, 4) is 0 Å². The lowest BCUT2D eigenvalue weighted by Crippen LogP contribution is -2.22. The molecule has 0 unspecified atom stereocenters. The first-order valence-electron chi connectivity index (χ1n) is 6.82. The smallest absolute Gasteiger partial charge is 0.243 e. The first-order valence-corrected chi connectivity index (χ1v) is 7.20. The van der Waals surface area contributed by atoms with Crippen LogP contribution in [0, 0.1) is 20.8 Å². The fraction of sp³-hybridized carbons (Fsp3) is 0.235. The Kier molecular flexibility index (Phi) is 4.86. The number of hydrogen-bond donors (Lipinski definition) is 2. The number of carbonyl (C=O) groups excluding carboxylic acids is 1. The number of carbonyl (C=O) groups is 1. The molecule has 2 aromatic carbocycles. The van der Waals surface area contributed by atoms with Gasteiger partial charge in [-0.3, -0.25) is 4.79 Å². The van der Waals surface area contributed by atoms with Gasteiger partial charge in [-0.15, -0.1) is 0 Å².